The van der Waals surface area contributed by atoms with Crippen LogP contribution in [0.1, 0.15) is 76.8 Å². The second-order valence-electron chi connectivity index (χ2n) is 7.07. The van der Waals surface area contributed by atoms with E-state index in [1.54, 1.807) is 0 Å². The molecular formula is C22H32O. The van der Waals surface area contributed by atoms with E-state index in [0.717, 1.165) is 12.0 Å². The highest BCUT2D eigenvalue weighted by atomic mass is 16.3. The van der Waals surface area contributed by atoms with Gasteiger partial charge in [0.05, 0.1) is 0 Å². The summed E-state index contributed by atoms with van der Waals surface area (Å²) in [7, 11) is 0. The van der Waals surface area contributed by atoms with Gasteiger partial charge in [-0.05, 0) is 64.0 Å². The van der Waals surface area contributed by atoms with Gasteiger partial charge in [-0.3, -0.25) is 0 Å². The van der Waals surface area contributed by atoms with Crippen molar-refractivity contribution in [2.45, 2.75) is 72.1 Å². The predicted molar refractivity (Wildman–Crippen MR) is 100.0 cm³/mol. The molecule has 1 nitrogen and oxygen atoms in total. The third-order valence-electron chi connectivity index (χ3n) is 5.31. The van der Waals surface area contributed by atoms with Crippen molar-refractivity contribution in [3.05, 3.63) is 52.6 Å². The molecule has 2 atom stereocenters. The minimum absolute atomic E-state index is 0.310. The maximum absolute atomic E-state index is 10.6. The van der Waals surface area contributed by atoms with Crippen LogP contribution in [0.2, 0.25) is 0 Å². The van der Waals surface area contributed by atoms with E-state index in [-0.39, 0.29) is 0 Å². The Balaban J connectivity index is 2.25. The van der Waals surface area contributed by atoms with Gasteiger partial charge in [-0.15, -0.1) is 0 Å². The Morgan fingerprint density at radius 3 is 2.74 bits per heavy atom. The fraction of sp³-hybridized carbons (Fsp3) is 0.545. The van der Waals surface area contributed by atoms with Crippen LogP contribution in [0.25, 0.3) is 0 Å². The Bertz CT molecular complexity index is 580. The second-order valence-corrected chi connectivity index (χ2v) is 7.07. The van der Waals surface area contributed by atoms with E-state index in [0.29, 0.717) is 17.6 Å². The zero-order chi connectivity index (χ0) is 16.8. The number of allylic oxidation sites excluding steroid dienone is 4. The summed E-state index contributed by atoms with van der Waals surface area (Å²) in [6.45, 7) is 8.78. The molecule has 0 fully saturated rings. The predicted octanol–water partition coefficient (Wildman–Crippen LogP) is 6.53. The van der Waals surface area contributed by atoms with Crippen molar-refractivity contribution in [3.63, 3.8) is 0 Å². The first-order valence-corrected chi connectivity index (χ1v) is 9.18. The first kappa shape index (κ1) is 17.8. The van der Waals surface area contributed by atoms with Crippen LogP contribution in [0.15, 0.2) is 41.5 Å². The molecule has 23 heavy (non-hydrogen) atoms. The van der Waals surface area contributed by atoms with Crippen LogP contribution in [-0.4, -0.2) is 5.11 Å². The van der Waals surface area contributed by atoms with Gasteiger partial charge in [0.15, 0.2) is 0 Å². The Kier molecular flexibility index (Phi) is 6.50. The van der Waals surface area contributed by atoms with Crippen LogP contribution in [-0.2, 0) is 6.42 Å². The van der Waals surface area contributed by atoms with Crippen molar-refractivity contribution in [1.29, 1.82) is 0 Å². The quantitative estimate of drug-likeness (QED) is 0.467. The lowest BCUT2D eigenvalue weighted by atomic mass is 9.73. The summed E-state index contributed by atoms with van der Waals surface area (Å²) >= 11 is 0. The van der Waals surface area contributed by atoms with Gasteiger partial charge in [0.25, 0.3) is 0 Å². The van der Waals surface area contributed by atoms with Crippen LogP contribution < -0.4 is 0 Å². The van der Waals surface area contributed by atoms with Crippen LogP contribution in [0.5, 0.6) is 5.75 Å². The van der Waals surface area contributed by atoms with Gasteiger partial charge in [-0.25, -0.2) is 0 Å². The zero-order valence-electron chi connectivity index (χ0n) is 15.2. The number of hydrogen-bond acceptors (Lipinski definition) is 1. The van der Waals surface area contributed by atoms with Gasteiger partial charge in [0, 0.05) is 11.5 Å². The Labute approximate surface area is 142 Å². The van der Waals surface area contributed by atoms with E-state index in [4.69, 9.17) is 0 Å². The van der Waals surface area contributed by atoms with Gasteiger partial charge in [0.2, 0.25) is 0 Å². The summed E-state index contributed by atoms with van der Waals surface area (Å²) < 4.78 is 0. The molecule has 1 aromatic rings. The highest BCUT2D eigenvalue weighted by Gasteiger charge is 2.27. The minimum Gasteiger partial charge on any atom is -0.508 e. The Hall–Kier alpha value is -1.50. The van der Waals surface area contributed by atoms with Gasteiger partial charge in [-0.1, -0.05) is 55.2 Å². The summed E-state index contributed by atoms with van der Waals surface area (Å²) in [5, 5.41) is 10.6. The van der Waals surface area contributed by atoms with E-state index in [1.165, 1.54) is 48.8 Å². The van der Waals surface area contributed by atoms with Crippen molar-refractivity contribution in [3.8, 4) is 5.75 Å². The van der Waals surface area contributed by atoms with Gasteiger partial charge < -0.3 is 5.11 Å². The van der Waals surface area contributed by atoms with Crippen LogP contribution in [0.4, 0.5) is 0 Å². The van der Waals surface area contributed by atoms with Crippen molar-refractivity contribution in [1.82, 2.24) is 0 Å². The van der Waals surface area contributed by atoms with Crippen LogP contribution in [0, 0.1) is 5.92 Å². The number of phenolic OH excluding ortho intramolecular Hbond substituents is 1. The van der Waals surface area contributed by atoms with E-state index in [2.05, 4.69) is 52.0 Å². The SMILES string of the molecule is C/C=C(\C)C1CCC(C)=CC1c1ccc(CCCCC)cc1O. The van der Waals surface area contributed by atoms with Crippen molar-refractivity contribution in [2.24, 2.45) is 5.92 Å². The van der Waals surface area contributed by atoms with Gasteiger partial charge in [-0.2, -0.15) is 0 Å². The molecule has 0 heterocycles. The van der Waals surface area contributed by atoms with Crippen LogP contribution in [0.3, 0.4) is 0 Å². The monoisotopic (exact) mass is 312 g/mol. The van der Waals surface area contributed by atoms with Crippen molar-refractivity contribution >= 4 is 0 Å². The van der Waals surface area contributed by atoms with Crippen molar-refractivity contribution < 1.29 is 5.11 Å². The van der Waals surface area contributed by atoms with E-state index in [9.17, 15) is 5.11 Å². The molecule has 1 heteroatoms. The average molecular weight is 312 g/mol. The van der Waals surface area contributed by atoms with E-state index < -0.39 is 0 Å². The second kappa shape index (κ2) is 8.38. The molecule has 1 N–H and O–H groups in total. The Morgan fingerprint density at radius 1 is 1.30 bits per heavy atom. The molecule has 1 aliphatic rings. The molecule has 0 bridgehead atoms. The lowest BCUT2D eigenvalue weighted by Crippen LogP contribution is -2.17. The number of aromatic hydroxyl groups is 1. The molecule has 0 saturated heterocycles. The average Bonchev–Trinajstić information content (AvgIpc) is 2.54. The molecule has 2 unspecified atom stereocenters. The van der Waals surface area contributed by atoms with E-state index >= 15 is 0 Å². The van der Waals surface area contributed by atoms with Crippen molar-refractivity contribution in [2.75, 3.05) is 0 Å². The number of phenols is 1. The summed E-state index contributed by atoms with van der Waals surface area (Å²) in [5.74, 6) is 1.30. The third kappa shape index (κ3) is 4.50. The molecule has 0 radical (unpaired) electrons. The molecule has 1 aliphatic carbocycles. The van der Waals surface area contributed by atoms with Gasteiger partial charge in [0.1, 0.15) is 5.75 Å². The number of benzene rings is 1. The maximum atomic E-state index is 10.6. The molecule has 1 aromatic carbocycles. The molecular weight excluding hydrogens is 280 g/mol. The summed E-state index contributed by atoms with van der Waals surface area (Å²) in [5.41, 5.74) is 5.23. The minimum atomic E-state index is 0.310. The molecule has 0 saturated carbocycles. The number of rotatable bonds is 6. The number of unbranched alkanes of at least 4 members (excludes halogenated alkanes) is 2. The van der Waals surface area contributed by atoms with Gasteiger partial charge >= 0.3 is 0 Å². The smallest absolute Gasteiger partial charge is 0.119 e. The highest BCUT2D eigenvalue weighted by molar-refractivity contribution is 5.43. The normalized spacial score (nSPS) is 22.1. The molecule has 0 spiro atoms. The first-order valence-electron chi connectivity index (χ1n) is 9.18. The summed E-state index contributed by atoms with van der Waals surface area (Å²) in [4.78, 5) is 0. The molecule has 2 rings (SSSR count). The maximum Gasteiger partial charge on any atom is 0.119 e. The lowest BCUT2D eigenvalue weighted by Gasteiger charge is -2.31. The lowest BCUT2D eigenvalue weighted by molar-refractivity contribution is 0.435. The largest absolute Gasteiger partial charge is 0.508 e. The fourth-order valence-corrected chi connectivity index (χ4v) is 3.71. The number of aryl methyl sites for hydroxylation is 1. The zero-order valence-corrected chi connectivity index (χ0v) is 15.2. The first-order chi connectivity index (χ1) is 11.1. The molecule has 0 aliphatic heterocycles. The summed E-state index contributed by atoms with van der Waals surface area (Å²) in [6, 6.07) is 6.36. The highest BCUT2D eigenvalue weighted by Crippen LogP contribution is 2.43. The summed E-state index contributed by atoms with van der Waals surface area (Å²) in [6.07, 6.45) is 11.7. The van der Waals surface area contributed by atoms with Crippen LogP contribution >= 0.6 is 0 Å². The standard InChI is InChI=1S/C22H32O/c1-5-7-8-9-18-11-13-20(22(23)15-18)21-14-16(3)10-12-19(21)17(4)6-2/h6,11,13-15,19,21,23H,5,7-10,12H2,1-4H3/b17-6+. The third-order valence-corrected chi connectivity index (χ3v) is 5.31. The number of hydrogen-bond donors (Lipinski definition) is 1. The van der Waals surface area contributed by atoms with E-state index in [1.807, 2.05) is 6.07 Å². The molecule has 0 amide bonds. The Morgan fingerprint density at radius 2 is 2.09 bits per heavy atom. The topological polar surface area (TPSA) is 20.2 Å². The molecule has 126 valence electrons. The fourth-order valence-electron chi connectivity index (χ4n) is 3.71. The molecule has 0 aromatic heterocycles.